The number of fused-ring (bicyclic) bond motifs is 1. The van der Waals surface area contributed by atoms with Gasteiger partial charge in [0.05, 0.1) is 42.8 Å². The molecule has 1 atom stereocenters. The number of imidazole rings is 1. The van der Waals surface area contributed by atoms with E-state index < -0.39 is 6.10 Å². The third kappa shape index (κ3) is 4.81. The van der Waals surface area contributed by atoms with Gasteiger partial charge < -0.3 is 29.4 Å². The molecular weight excluding hydrogens is 396 g/mol. The Morgan fingerprint density at radius 3 is 2.81 bits per heavy atom. The lowest BCUT2D eigenvalue weighted by Gasteiger charge is -2.29. The first-order valence-electron chi connectivity index (χ1n) is 10.8. The number of hydrogen-bond acceptors (Lipinski definition) is 5. The number of H-pyrrole nitrogens is 1. The summed E-state index contributed by atoms with van der Waals surface area (Å²) in [5.41, 5.74) is 2.88. The topological polar surface area (TPSA) is 101 Å². The van der Waals surface area contributed by atoms with Gasteiger partial charge in [0.15, 0.2) is 0 Å². The number of nitrogens with one attached hydrogen (secondary N) is 2. The van der Waals surface area contributed by atoms with Gasteiger partial charge in [-0.15, -0.1) is 0 Å². The fourth-order valence-corrected chi connectivity index (χ4v) is 4.26. The number of carbonyl (C=O) groups excluding carboxylic acids is 1. The SMILES string of the molecule is COCCO[C@H]1CC[C@H](NC(=O)c2cc(-n3ccnc3)cc3c([C@H](C)O)c[nH]c23)CC1. The number of rotatable bonds is 8. The van der Waals surface area contributed by atoms with Crippen molar-refractivity contribution in [1.29, 1.82) is 0 Å². The quantitative estimate of drug-likeness (QED) is 0.481. The van der Waals surface area contributed by atoms with Crippen molar-refractivity contribution in [1.82, 2.24) is 19.9 Å². The second-order valence-corrected chi connectivity index (χ2v) is 8.12. The van der Waals surface area contributed by atoms with Gasteiger partial charge in [-0.25, -0.2) is 4.98 Å². The number of benzene rings is 1. The zero-order valence-electron chi connectivity index (χ0n) is 18.0. The monoisotopic (exact) mass is 426 g/mol. The van der Waals surface area contributed by atoms with E-state index in [4.69, 9.17) is 9.47 Å². The van der Waals surface area contributed by atoms with Gasteiger partial charge in [-0.2, -0.15) is 0 Å². The highest BCUT2D eigenvalue weighted by atomic mass is 16.5. The molecular formula is C23H30N4O4. The second kappa shape index (κ2) is 9.64. The van der Waals surface area contributed by atoms with Gasteiger partial charge in [0.1, 0.15) is 0 Å². The largest absolute Gasteiger partial charge is 0.389 e. The highest BCUT2D eigenvalue weighted by molar-refractivity contribution is 6.07. The first-order valence-corrected chi connectivity index (χ1v) is 10.8. The van der Waals surface area contributed by atoms with Gasteiger partial charge in [-0.05, 0) is 44.7 Å². The van der Waals surface area contributed by atoms with Crippen molar-refractivity contribution in [3.63, 3.8) is 0 Å². The van der Waals surface area contributed by atoms with E-state index in [9.17, 15) is 9.90 Å². The Bertz CT molecular complexity index is 1000. The predicted molar refractivity (Wildman–Crippen MR) is 117 cm³/mol. The van der Waals surface area contributed by atoms with Gasteiger partial charge in [-0.3, -0.25) is 4.79 Å². The number of aliphatic hydroxyl groups excluding tert-OH is 1. The van der Waals surface area contributed by atoms with Crippen molar-refractivity contribution in [2.24, 2.45) is 0 Å². The molecule has 4 rings (SSSR count). The molecule has 2 heterocycles. The standard InChI is InChI=1S/C23H30N4O4/c1-15(28)21-13-25-22-19(21)11-17(27-8-7-24-14-27)12-20(22)23(29)26-16-3-5-18(6-4-16)31-10-9-30-2/h7-8,11-16,18,25,28H,3-6,9-10H2,1-2H3,(H,26,29)/t15-,16-,18-/m0/s1. The Hall–Kier alpha value is -2.68. The maximum absolute atomic E-state index is 13.3. The molecule has 166 valence electrons. The average molecular weight is 427 g/mol. The third-order valence-corrected chi connectivity index (χ3v) is 5.95. The lowest BCUT2D eigenvalue weighted by molar-refractivity contribution is -0.00408. The van der Waals surface area contributed by atoms with Crippen LogP contribution in [0.25, 0.3) is 16.6 Å². The number of nitrogens with zero attached hydrogens (tertiary/aromatic N) is 2. The van der Waals surface area contributed by atoms with Gasteiger partial charge >= 0.3 is 0 Å². The molecule has 8 heteroatoms. The molecule has 0 unspecified atom stereocenters. The lowest BCUT2D eigenvalue weighted by Crippen LogP contribution is -2.39. The minimum atomic E-state index is -0.643. The molecule has 1 fully saturated rings. The van der Waals surface area contributed by atoms with Crippen LogP contribution in [0.3, 0.4) is 0 Å². The number of amides is 1. The Morgan fingerprint density at radius 1 is 1.32 bits per heavy atom. The minimum absolute atomic E-state index is 0.116. The normalized spacial score (nSPS) is 20.1. The maximum Gasteiger partial charge on any atom is 0.253 e. The number of carbonyl (C=O) groups is 1. The fourth-order valence-electron chi connectivity index (χ4n) is 4.26. The Morgan fingerprint density at radius 2 is 2.13 bits per heavy atom. The summed E-state index contributed by atoms with van der Waals surface area (Å²) < 4.78 is 12.7. The van der Waals surface area contributed by atoms with Crippen molar-refractivity contribution >= 4 is 16.8 Å². The number of aliphatic hydroxyl groups is 1. The first kappa shape index (κ1) is 21.5. The van der Waals surface area contributed by atoms with Crippen LogP contribution in [-0.4, -0.2) is 58.0 Å². The lowest BCUT2D eigenvalue weighted by atomic mass is 9.92. The summed E-state index contributed by atoms with van der Waals surface area (Å²) in [6, 6.07) is 3.95. The molecule has 0 spiro atoms. The summed E-state index contributed by atoms with van der Waals surface area (Å²) in [6.07, 6.45) is 10.2. The number of hydrogen-bond donors (Lipinski definition) is 3. The van der Waals surface area contributed by atoms with E-state index in [0.29, 0.717) is 18.8 Å². The zero-order valence-corrected chi connectivity index (χ0v) is 18.0. The molecule has 3 N–H and O–H groups in total. The van der Waals surface area contributed by atoms with Gasteiger partial charge in [0.2, 0.25) is 0 Å². The van der Waals surface area contributed by atoms with E-state index in [1.165, 1.54) is 0 Å². The Balaban J connectivity index is 1.53. The molecule has 0 bridgehead atoms. The molecule has 3 aromatic rings. The number of aromatic amines is 1. The summed E-state index contributed by atoms with van der Waals surface area (Å²) in [7, 11) is 1.67. The van der Waals surface area contributed by atoms with Crippen molar-refractivity contribution in [3.05, 3.63) is 48.2 Å². The molecule has 0 saturated heterocycles. The summed E-state index contributed by atoms with van der Waals surface area (Å²) in [6.45, 7) is 2.93. The van der Waals surface area contributed by atoms with Gasteiger partial charge in [0, 0.05) is 48.4 Å². The Labute approximate surface area is 181 Å². The Kier molecular flexibility index (Phi) is 6.70. The summed E-state index contributed by atoms with van der Waals surface area (Å²) in [5, 5.41) is 14.2. The van der Waals surface area contributed by atoms with Crippen LogP contribution >= 0.6 is 0 Å². The third-order valence-electron chi connectivity index (χ3n) is 5.95. The van der Waals surface area contributed by atoms with Crippen LogP contribution in [0, 0.1) is 0 Å². The maximum atomic E-state index is 13.3. The fraction of sp³-hybridized carbons (Fsp3) is 0.478. The summed E-state index contributed by atoms with van der Waals surface area (Å²) >= 11 is 0. The van der Waals surface area contributed by atoms with Crippen molar-refractivity contribution in [2.45, 2.75) is 50.9 Å². The number of ether oxygens (including phenoxy) is 2. The molecule has 0 aliphatic heterocycles. The molecule has 8 nitrogen and oxygen atoms in total. The second-order valence-electron chi connectivity index (χ2n) is 8.12. The molecule has 31 heavy (non-hydrogen) atoms. The molecule has 2 aromatic heterocycles. The summed E-state index contributed by atoms with van der Waals surface area (Å²) in [5.74, 6) is -0.116. The van der Waals surface area contributed by atoms with Gasteiger partial charge in [-0.1, -0.05) is 0 Å². The summed E-state index contributed by atoms with van der Waals surface area (Å²) in [4.78, 5) is 20.6. The van der Waals surface area contributed by atoms with Crippen molar-refractivity contribution in [3.8, 4) is 5.69 Å². The van der Waals surface area contributed by atoms with Crippen LogP contribution in [0.1, 0.15) is 54.6 Å². The zero-order chi connectivity index (χ0) is 21.8. The number of methoxy groups -OCH3 is 1. The highest BCUT2D eigenvalue weighted by Crippen LogP contribution is 2.30. The first-order chi connectivity index (χ1) is 15.1. The van der Waals surface area contributed by atoms with Crippen LogP contribution in [0.15, 0.2) is 37.1 Å². The van der Waals surface area contributed by atoms with Crippen LogP contribution in [0.4, 0.5) is 0 Å². The molecule has 1 aromatic carbocycles. The van der Waals surface area contributed by atoms with Crippen LogP contribution in [-0.2, 0) is 9.47 Å². The van der Waals surface area contributed by atoms with E-state index >= 15 is 0 Å². The molecule has 1 aliphatic rings. The number of aromatic nitrogens is 3. The van der Waals surface area contributed by atoms with Crippen LogP contribution < -0.4 is 5.32 Å². The highest BCUT2D eigenvalue weighted by Gasteiger charge is 2.25. The van der Waals surface area contributed by atoms with Crippen molar-refractivity contribution < 1.29 is 19.4 Å². The smallest absolute Gasteiger partial charge is 0.253 e. The van der Waals surface area contributed by atoms with E-state index in [-0.39, 0.29) is 18.1 Å². The average Bonchev–Trinajstić information content (AvgIpc) is 3.44. The molecule has 0 radical (unpaired) electrons. The van der Waals surface area contributed by atoms with Crippen LogP contribution in [0.5, 0.6) is 0 Å². The molecule has 1 amide bonds. The molecule has 1 aliphatic carbocycles. The van der Waals surface area contributed by atoms with Gasteiger partial charge in [0.25, 0.3) is 5.91 Å². The van der Waals surface area contributed by atoms with E-state index in [1.54, 1.807) is 32.8 Å². The van der Waals surface area contributed by atoms with Crippen molar-refractivity contribution in [2.75, 3.05) is 20.3 Å². The van der Waals surface area contributed by atoms with Crippen LogP contribution in [0.2, 0.25) is 0 Å². The van der Waals surface area contributed by atoms with E-state index in [1.807, 2.05) is 22.9 Å². The minimum Gasteiger partial charge on any atom is -0.389 e. The van der Waals surface area contributed by atoms with E-state index in [2.05, 4.69) is 15.3 Å². The predicted octanol–water partition coefficient (Wildman–Crippen LogP) is 3.11. The van der Waals surface area contributed by atoms with E-state index in [0.717, 1.165) is 47.8 Å². The molecule has 1 saturated carbocycles.